The molecule has 3 rings (SSSR count). The molecule has 1 fully saturated rings. The van der Waals surface area contributed by atoms with E-state index in [2.05, 4.69) is 41.4 Å². The van der Waals surface area contributed by atoms with E-state index in [-0.39, 0.29) is 0 Å². The second kappa shape index (κ2) is 5.34. The van der Waals surface area contributed by atoms with E-state index >= 15 is 0 Å². The summed E-state index contributed by atoms with van der Waals surface area (Å²) in [5.74, 6) is 0. The van der Waals surface area contributed by atoms with Gasteiger partial charge in [0.1, 0.15) is 5.01 Å². The highest BCUT2D eigenvalue weighted by molar-refractivity contribution is 7.18. The van der Waals surface area contributed by atoms with Crippen LogP contribution in [0.4, 0.5) is 0 Å². The molecule has 4 heteroatoms. The van der Waals surface area contributed by atoms with Gasteiger partial charge in [0.2, 0.25) is 0 Å². The van der Waals surface area contributed by atoms with Gasteiger partial charge in [-0.15, -0.1) is 11.3 Å². The van der Waals surface area contributed by atoms with Gasteiger partial charge in [0.15, 0.2) is 0 Å². The van der Waals surface area contributed by atoms with Gasteiger partial charge >= 0.3 is 0 Å². The van der Waals surface area contributed by atoms with Crippen molar-refractivity contribution in [3.8, 4) is 0 Å². The van der Waals surface area contributed by atoms with E-state index in [0.717, 1.165) is 25.2 Å². The van der Waals surface area contributed by atoms with E-state index in [1.54, 1.807) is 0 Å². The minimum absolute atomic E-state index is 0.433. The van der Waals surface area contributed by atoms with Crippen LogP contribution in [0, 0.1) is 0 Å². The number of para-hydroxylation sites is 1. The zero-order chi connectivity index (χ0) is 12.4. The number of aromatic nitrogens is 1. The Morgan fingerprint density at radius 3 is 3.06 bits per heavy atom. The Morgan fingerprint density at radius 1 is 1.28 bits per heavy atom. The van der Waals surface area contributed by atoms with Crippen molar-refractivity contribution >= 4 is 21.6 Å². The highest BCUT2D eigenvalue weighted by atomic mass is 32.1. The summed E-state index contributed by atoms with van der Waals surface area (Å²) in [6.45, 7) is 6.81. The molecule has 0 radical (unpaired) electrons. The van der Waals surface area contributed by atoms with Crippen molar-refractivity contribution in [1.82, 2.24) is 15.2 Å². The lowest BCUT2D eigenvalue weighted by Gasteiger charge is -2.25. The van der Waals surface area contributed by atoms with Gasteiger partial charge in [-0.05, 0) is 32.0 Å². The van der Waals surface area contributed by atoms with Crippen molar-refractivity contribution in [2.45, 2.75) is 19.4 Å². The summed E-state index contributed by atoms with van der Waals surface area (Å²) in [6.07, 6.45) is 1.23. The topological polar surface area (TPSA) is 28.2 Å². The average Bonchev–Trinajstić information content (AvgIpc) is 2.64. The van der Waals surface area contributed by atoms with Gasteiger partial charge in [0.25, 0.3) is 0 Å². The number of benzene rings is 1. The van der Waals surface area contributed by atoms with Gasteiger partial charge in [-0.3, -0.25) is 4.90 Å². The Morgan fingerprint density at radius 2 is 2.17 bits per heavy atom. The van der Waals surface area contributed by atoms with Crippen LogP contribution in [0.15, 0.2) is 24.3 Å². The molecular weight excluding hydrogens is 242 g/mol. The molecule has 1 saturated heterocycles. The Balaban J connectivity index is 1.83. The molecule has 1 N–H and O–H groups in total. The smallest absolute Gasteiger partial charge is 0.111 e. The third-order valence-corrected chi connectivity index (χ3v) is 4.80. The fourth-order valence-electron chi connectivity index (χ4n) is 2.48. The van der Waals surface area contributed by atoms with Crippen molar-refractivity contribution in [3.05, 3.63) is 29.3 Å². The normalized spacial score (nSPS) is 19.8. The molecule has 0 aliphatic carbocycles. The molecule has 1 aromatic carbocycles. The molecule has 1 unspecified atom stereocenters. The van der Waals surface area contributed by atoms with Gasteiger partial charge in [0, 0.05) is 19.6 Å². The molecule has 0 saturated carbocycles. The summed E-state index contributed by atoms with van der Waals surface area (Å²) < 4.78 is 1.30. The molecule has 96 valence electrons. The second-order valence-corrected chi connectivity index (χ2v) is 5.90. The number of nitrogens with zero attached hydrogens (tertiary/aromatic N) is 2. The van der Waals surface area contributed by atoms with Crippen molar-refractivity contribution in [2.24, 2.45) is 0 Å². The van der Waals surface area contributed by atoms with Crippen LogP contribution in [0.2, 0.25) is 0 Å². The van der Waals surface area contributed by atoms with E-state index in [9.17, 15) is 0 Å². The van der Waals surface area contributed by atoms with Crippen molar-refractivity contribution in [3.63, 3.8) is 0 Å². The van der Waals surface area contributed by atoms with Crippen LogP contribution in [0.1, 0.15) is 24.4 Å². The zero-order valence-electron chi connectivity index (χ0n) is 10.7. The molecule has 1 aliphatic heterocycles. The van der Waals surface area contributed by atoms with Crippen LogP contribution in [-0.2, 0) is 0 Å². The SMILES string of the molecule is CC(c1nc2ccccc2s1)N1CCCNCC1. The van der Waals surface area contributed by atoms with Crippen LogP contribution in [0.5, 0.6) is 0 Å². The molecule has 2 aromatic rings. The van der Waals surface area contributed by atoms with Crippen LogP contribution >= 0.6 is 11.3 Å². The minimum Gasteiger partial charge on any atom is -0.315 e. The molecular formula is C14H19N3S. The van der Waals surface area contributed by atoms with E-state index in [1.807, 2.05) is 11.3 Å². The van der Waals surface area contributed by atoms with Crippen molar-refractivity contribution in [2.75, 3.05) is 26.2 Å². The second-order valence-electron chi connectivity index (χ2n) is 4.84. The van der Waals surface area contributed by atoms with Gasteiger partial charge in [-0.2, -0.15) is 0 Å². The number of hydrogen-bond donors (Lipinski definition) is 1. The first-order valence-electron chi connectivity index (χ1n) is 6.65. The molecule has 18 heavy (non-hydrogen) atoms. The van der Waals surface area contributed by atoms with E-state index in [4.69, 9.17) is 4.98 Å². The average molecular weight is 261 g/mol. The summed E-state index contributed by atoms with van der Waals surface area (Å²) >= 11 is 1.83. The molecule has 0 spiro atoms. The number of rotatable bonds is 2. The van der Waals surface area contributed by atoms with Crippen LogP contribution < -0.4 is 5.32 Å². The Hall–Kier alpha value is -0.970. The summed E-state index contributed by atoms with van der Waals surface area (Å²) in [7, 11) is 0. The number of thiazole rings is 1. The first-order chi connectivity index (χ1) is 8.84. The van der Waals surface area contributed by atoms with Crippen LogP contribution in [0.25, 0.3) is 10.2 Å². The number of fused-ring (bicyclic) bond motifs is 1. The Labute approximate surface area is 112 Å². The van der Waals surface area contributed by atoms with Crippen LogP contribution in [-0.4, -0.2) is 36.1 Å². The maximum atomic E-state index is 4.77. The molecule has 0 amide bonds. The molecule has 1 aliphatic rings. The molecule has 3 nitrogen and oxygen atoms in total. The first-order valence-corrected chi connectivity index (χ1v) is 7.46. The highest BCUT2D eigenvalue weighted by Crippen LogP contribution is 2.29. The van der Waals surface area contributed by atoms with E-state index in [1.165, 1.54) is 22.7 Å². The predicted octanol–water partition coefficient (Wildman–Crippen LogP) is 2.65. The zero-order valence-corrected chi connectivity index (χ0v) is 11.5. The van der Waals surface area contributed by atoms with E-state index < -0.39 is 0 Å². The molecule has 2 heterocycles. The molecule has 1 atom stereocenters. The number of nitrogens with one attached hydrogen (secondary N) is 1. The molecule has 1 aromatic heterocycles. The number of hydrogen-bond acceptors (Lipinski definition) is 4. The molecule has 0 bridgehead atoms. The van der Waals surface area contributed by atoms with Crippen LogP contribution in [0.3, 0.4) is 0 Å². The monoisotopic (exact) mass is 261 g/mol. The van der Waals surface area contributed by atoms with Crippen molar-refractivity contribution < 1.29 is 0 Å². The first kappa shape index (κ1) is 12.1. The van der Waals surface area contributed by atoms with Gasteiger partial charge < -0.3 is 5.32 Å². The lowest BCUT2D eigenvalue weighted by molar-refractivity contribution is 0.225. The summed E-state index contributed by atoms with van der Waals surface area (Å²) in [4.78, 5) is 7.31. The Kier molecular flexibility index (Phi) is 3.59. The third kappa shape index (κ3) is 2.41. The summed E-state index contributed by atoms with van der Waals surface area (Å²) in [5.41, 5.74) is 1.14. The summed E-state index contributed by atoms with van der Waals surface area (Å²) in [6, 6.07) is 8.85. The lowest BCUT2D eigenvalue weighted by atomic mass is 10.2. The standard InChI is InChI=1S/C14H19N3S/c1-11(17-9-4-7-15-8-10-17)14-16-12-5-2-3-6-13(12)18-14/h2-3,5-6,11,15H,4,7-10H2,1H3. The Bertz CT molecular complexity index is 481. The lowest BCUT2D eigenvalue weighted by Crippen LogP contribution is -2.30. The fraction of sp³-hybridized carbons (Fsp3) is 0.500. The quantitative estimate of drug-likeness (QED) is 0.901. The van der Waals surface area contributed by atoms with Crippen molar-refractivity contribution in [1.29, 1.82) is 0 Å². The van der Waals surface area contributed by atoms with Gasteiger partial charge in [0.05, 0.1) is 16.3 Å². The fourth-order valence-corrected chi connectivity index (χ4v) is 3.53. The predicted molar refractivity (Wildman–Crippen MR) is 77.1 cm³/mol. The highest BCUT2D eigenvalue weighted by Gasteiger charge is 2.19. The van der Waals surface area contributed by atoms with Gasteiger partial charge in [-0.1, -0.05) is 12.1 Å². The largest absolute Gasteiger partial charge is 0.315 e. The van der Waals surface area contributed by atoms with Gasteiger partial charge in [-0.25, -0.2) is 4.98 Å². The maximum Gasteiger partial charge on any atom is 0.111 e. The summed E-state index contributed by atoms with van der Waals surface area (Å²) in [5, 5.41) is 4.70. The maximum absolute atomic E-state index is 4.77. The minimum atomic E-state index is 0.433. The third-order valence-electron chi connectivity index (χ3n) is 3.59. The van der Waals surface area contributed by atoms with E-state index in [0.29, 0.717) is 6.04 Å².